The molecule has 84 valence electrons. The Balaban J connectivity index is 2.81. The second-order valence-corrected chi connectivity index (χ2v) is 3.86. The van der Waals surface area contributed by atoms with Crippen LogP contribution in [-0.2, 0) is 0 Å². The molecule has 0 aliphatic heterocycles. The van der Waals surface area contributed by atoms with Crippen molar-refractivity contribution in [2.75, 3.05) is 5.73 Å². The van der Waals surface area contributed by atoms with Gasteiger partial charge in [-0.3, -0.25) is 0 Å². The van der Waals surface area contributed by atoms with Crippen molar-refractivity contribution in [2.24, 2.45) is 0 Å². The molecule has 2 aromatic heterocycles. The van der Waals surface area contributed by atoms with Gasteiger partial charge in [0.25, 0.3) is 0 Å². The maximum absolute atomic E-state index is 9.20. The van der Waals surface area contributed by atoms with Crippen molar-refractivity contribution in [1.82, 2.24) is 4.98 Å². The third-order valence-electron chi connectivity index (χ3n) is 2.83. The molecule has 0 aromatic carbocycles. The summed E-state index contributed by atoms with van der Waals surface area (Å²) in [6.07, 6.45) is 3.64. The minimum Gasteiger partial charge on any atom is -0.383 e. The summed E-state index contributed by atoms with van der Waals surface area (Å²) in [6.45, 7) is 3.85. The molecule has 0 unspecified atom stereocenters. The molecule has 3 N–H and O–H groups in total. The molecule has 0 saturated carbocycles. The number of nitrogen functional groups attached to an aromatic ring is 1. The van der Waals surface area contributed by atoms with Gasteiger partial charge in [-0.1, -0.05) is 0 Å². The van der Waals surface area contributed by atoms with E-state index >= 15 is 0 Å². The molecule has 0 radical (unpaired) electrons. The molecule has 0 saturated heterocycles. The fourth-order valence-corrected chi connectivity index (χ4v) is 1.84. The van der Waals surface area contributed by atoms with E-state index in [9.17, 15) is 5.26 Å². The summed E-state index contributed by atoms with van der Waals surface area (Å²) in [4.78, 5) is 7.14. The van der Waals surface area contributed by atoms with Gasteiger partial charge in [-0.2, -0.15) is 5.26 Å². The summed E-state index contributed by atoms with van der Waals surface area (Å²) in [7, 11) is 0. The van der Waals surface area contributed by atoms with Crippen LogP contribution in [0.3, 0.4) is 0 Å². The number of nitrogens with two attached hydrogens (primary N) is 1. The molecule has 0 fully saturated rings. The van der Waals surface area contributed by atoms with Crippen molar-refractivity contribution >= 4 is 5.82 Å². The van der Waals surface area contributed by atoms with Gasteiger partial charge in [-0.15, -0.1) is 0 Å². The Morgan fingerprint density at radius 3 is 2.53 bits per heavy atom. The molecule has 0 aliphatic rings. The molecule has 0 aliphatic carbocycles. The van der Waals surface area contributed by atoms with E-state index in [1.165, 1.54) is 0 Å². The van der Waals surface area contributed by atoms with Crippen molar-refractivity contribution in [1.29, 1.82) is 5.26 Å². The van der Waals surface area contributed by atoms with E-state index < -0.39 is 0 Å². The minimum atomic E-state index is 0.290. The maximum Gasteiger partial charge on any atom is 0.167 e. The quantitative estimate of drug-likeness (QED) is 0.801. The SMILES string of the molecule is Cc1nc(N)c(C#N)c(-c2cc[nH+]cc2)c1C. The van der Waals surface area contributed by atoms with Crippen LogP contribution in [0.15, 0.2) is 24.5 Å². The van der Waals surface area contributed by atoms with E-state index in [2.05, 4.69) is 16.0 Å². The highest BCUT2D eigenvalue weighted by atomic mass is 14.8. The van der Waals surface area contributed by atoms with Gasteiger partial charge in [0.2, 0.25) is 0 Å². The molecular weight excluding hydrogens is 212 g/mol. The summed E-state index contributed by atoms with van der Waals surface area (Å²) in [5.74, 6) is 0.290. The van der Waals surface area contributed by atoms with Crippen molar-refractivity contribution in [3.63, 3.8) is 0 Å². The molecule has 2 rings (SSSR count). The van der Waals surface area contributed by atoms with Crippen molar-refractivity contribution in [3.05, 3.63) is 41.3 Å². The third-order valence-corrected chi connectivity index (χ3v) is 2.83. The first kappa shape index (κ1) is 11.1. The smallest absolute Gasteiger partial charge is 0.167 e. The van der Waals surface area contributed by atoms with Crippen molar-refractivity contribution in [2.45, 2.75) is 13.8 Å². The van der Waals surface area contributed by atoms with Gasteiger partial charge >= 0.3 is 0 Å². The highest BCUT2D eigenvalue weighted by molar-refractivity contribution is 5.78. The standard InChI is InChI=1S/C13H12N4/c1-8-9(2)17-13(15)11(7-14)12(8)10-3-5-16-6-4-10/h3-6H,1-2H3,(H2,15,17)/p+1. The van der Waals surface area contributed by atoms with E-state index in [-0.39, 0.29) is 0 Å². The predicted molar refractivity (Wildman–Crippen MR) is 64.8 cm³/mol. The van der Waals surface area contributed by atoms with Gasteiger partial charge in [0, 0.05) is 23.4 Å². The first-order chi connectivity index (χ1) is 8.15. The third kappa shape index (κ3) is 1.83. The summed E-state index contributed by atoms with van der Waals surface area (Å²) in [6, 6.07) is 5.97. The van der Waals surface area contributed by atoms with Crippen LogP contribution in [0.5, 0.6) is 0 Å². The Kier molecular flexibility index (Phi) is 2.75. The number of hydrogen-bond donors (Lipinski definition) is 1. The van der Waals surface area contributed by atoms with Gasteiger partial charge in [-0.25, -0.2) is 9.97 Å². The van der Waals surface area contributed by atoms with Gasteiger partial charge in [-0.05, 0) is 25.0 Å². The molecule has 0 atom stereocenters. The molecule has 2 aromatic rings. The Labute approximate surface area is 99.8 Å². The lowest BCUT2D eigenvalue weighted by Gasteiger charge is -2.11. The predicted octanol–water partition coefficient (Wildman–Crippen LogP) is 1.63. The molecule has 4 nitrogen and oxygen atoms in total. The Morgan fingerprint density at radius 2 is 1.94 bits per heavy atom. The number of pyridine rings is 2. The second kappa shape index (κ2) is 4.22. The first-order valence-electron chi connectivity index (χ1n) is 5.28. The Bertz CT molecular complexity index is 597. The molecule has 4 heteroatoms. The highest BCUT2D eigenvalue weighted by Crippen LogP contribution is 2.30. The number of hydrogen-bond acceptors (Lipinski definition) is 3. The molecule has 0 amide bonds. The first-order valence-corrected chi connectivity index (χ1v) is 5.28. The average molecular weight is 225 g/mol. The van der Waals surface area contributed by atoms with Crippen LogP contribution in [0.25, 0.3) is 11.1 Å². The molecule has 0 spiro atoms. The van der Waals surface area contributed by atoms with Gasteiger partial charge < -0.3 is 5.73 Å². The summed E-state index contributed by atoms with van der Waals surface area (Å²) < 4.78 is 0. The van der Waals surface area contributed by atoms with Crippen LogP contribution >= 0.6 is 0 Å². The number of nitrogens with zero attached hydrogens (tertiary/aromatic N) is 2. The van der Waals surface area contributed by atoms with Crippen LogP contribution in [-0.4, -0.2) is 4.98 Å². The number of rotatable bonds is 1. The fourth-order valence-electron chi connectivity index (χ4n) is 1.84. The van der Waals surface area contributed by atoms with Crippen LogP contribution in [0, 0.1) is 25.2 Å². The Hall–Kier alpha value is -2.41. The van der Waals surface area contributed by atoms with Gasteiger partial charge in [0.05, 0.1) is 0 Å². The maximum atomic E-state index is 9.20. The fraction of sp³-hybridized carbons (Fsp3) is 0.154. The van der Waals surface area contributed by atoms with Crippen LogP contribution < -0.4 is 10.7 Å². The van der Waals surface area contributed by atoms with E-state index in [0.29, 0.717) is 11.4 Å². The topological polar surface area (TPSA) is 76.8 Å². The molecule has 17 heavy (non-hydrogen) atoms. The normalized spacial score (nSPS) is 9.94. The lowest BCUT2D eigenvalue weighted by atomic mass is 9.96. The largest absolute Gasteiger partial charge is 0.383 e. The monoisotopic (exact) mass is 225 g/mol. The highest BCUT2D eigenvalue weighted by Gasteiger charge is 2.15. The van der Waals surface area contributed by atoms with Gasteiger partial charge in [0.15, 0.2) is 12.4 Å². The summed E-state index contributed by atoms with van der Waals surface area (Å²) in [5, 5.41) is 9.20. The zero-order valence-corrected chi connectivity index (χ0v) is 9.78. The van der Waals surface area contributed by atoms with E-state index in [0.717, 1.165) is 22.4 Å². The van der Waals surface area contributed by atoms with E-state index in [4.69, 9.17) is 5.73 Å². The molecular formula is C13H13N4+. The minimum absolute atomic E-state index is 0.290. The number of H-pyrrole nitrogens is 1. The van der Waals surface area contributed by atoms with Crippen LogP contribution in [0.2, 0.25) is 0 Å². The van der Waals surface area contributed by atoms with E-state index in [1.807, 2.05) is 38.4 Å². The van der Waals surface area contributed by atoms with E-state index in [1.54, 1.807) is 0 Å². The Morgan fingerprint density at radius 1 is 1.29 bits per heavy atom. The summed E-state index contributed by atoms with van der Waals surface area (Å²) >= 11 is 0. The number of aromatic nitrogens is 2. The zero-order valence-electron chi connectivity index (χ0n) is 9.78. The summed E-state index contributed by atoms with van der Waals surface area (Å²) in [5.41, 5.74) is 9.92. The lowest BCUT2D eigenvalue weighted by Crippen LogP contribution is -2.04. The van der Waals surface area contributed by atoms with Crippen molar-refractivity contribution in [3.8, 4) is 17.2 Å². The lowest BCUT2D eigenvalue weighted by molar-refractivity contribution is -0.377. The second-order valence-electron chi connectivity index (χ2n) is 3.86. The number of anilines is 1. The zero-order chi connectivity index (χ0) is 12.4. The number of aromatic amines is 1. The van der Waals surface area contributed by atoms with Crippen LogP contribution in [0.4, 0.5) is 5.82 Å². The number of aryl methyl sites for hydroxylation is 1. The van der Waals surface area contributed by atoms with Crippen molar-refractivity contribution < 1.29 is 4.98 Å². The van der Waals surface area contributed by atoms with Crippen LogP contribution in [0.1, 0.15) is 16.8 Å². The number of nitrogens with one attached hydrogen (secondary N) is 1. The van der Waals surface area contributed by atoms with Gasteiger partial charge in [0.1, 0.15) is 17.5 Å². The average Bonchev–Trinajstić information content (AvgIpc) is 2.34. The number of nitriles is 1. The molecule has 0 bridgehead atoms. The molecule has 2 heterocycles.